The summed E-state index contributed by atoms with van der Waals surface area (Å²) < 4.78 is 0. The Hall–Kier alpha value is -0.530. The molecular formula is C14H29NO. The van der Waals surface area contributed by atoms with Gasteiger partial charge in [0, 0.05) is 12.0 Å². The zero-order chi connectivity index (χ0) is 13.0. The van der Waals surface area contributed by atoms with Gasteiger partial charge >= 0.3 is 0 Å². The van der Waals surface area contributed by atoms with E-state index < -0.39 is 0 Å². The van der Waals surface area contributed by atoms with Gasteiger partial charge < -0.3 is 5.32 Å². The van der Waals surface area contributed by atoms with E-state index in [0.29, 0.717) is 5.92 Å². The van der Waals surface area contributed by atoms with E-state index in [1.165, 1.54) is 0 Å². The van der Waals surface area contributed by atoms with Crippen molar-refractivity contribution in [1.29, 1.82) is 0 Å². The first-order chi connectivity index (χ1) is 7.04. The van der Waals surface area contributed by atoms with Crippen LogP contribution in [0.25, 0.3) is 0 Å². The Morgan fingerprint density at radius 3 is 2.00 bits per heavy atom. The Bertz CT molecular complexity index is 223. The Balaban J connectivity index is 4.15. The zero-order valence-corrected chi connectivity index (χ0v) is 12.1. The topological polar surface area (TPSA) is 29.1 Å². The molecule has 0 fully saturated rings. The van der Waals surface area contributed by atoms with Gasteiger partial charge in [-0.25, -0.2) is 0 Å². The number of carbonyl (C=O) groups excluding carboxylic acids is 1. The first kappa shape index (κ1) is 15.5. The molecule has 0 aromatic rings. The van der Waals surface area contributed by atoms with Gasteiger partial charge in [0.15, 0.2) is 0 Å². The lowest BCUT2D eigenvalue weighted by Gasteiger charge is -2.31. The van der Waals surface area contributed by atoms with Crippen LogP contribution < -0.4 is 5.32 Å². The molecule has 0 unspecified atom stereocenters. The van der Waals surface area contributed by atoms with Gasteiger partial charge in [-0.3, -0.25) is 4.79 Å². The van der Waals surface area contributed by atoms with Gasteiger partial charge in [0.05, 0.1) is 0 Å². The predicted octanol–water partition coefficient (Wildman–Crippen LogP) is 3.61. The van der Waals surface area contributed by atoms with Crippen molar-refractivity contribution in [2.45, 2.75) is 61.3 Å². The third-order valence-electron chi connectivity index (χ3n) is 2.59. The third-order valence-corrected chi connectivity index (χ3v) is 2.59. The SMILES string of the molecule is CC(C)CCNC(=O)C(C)(C)CC(C)(C)C. The monoisotopic (exact) mass is 227 g/mol. The first-order valence-corrected chi connectivity index (χ1v) is 6.33. The summed E-state index contributed by atoms with van der Waals surface area (Å²) in [5.41, 5.74) is -0.0753. The van der Waals surface area contributed by atoms with Gasteiger partial charge in [-0.15, -0.1) is 0 Å². The first-order valence-electron chi connectivity index (χ1n) is 6.33. The standard InChI is InChI=1S/C14H29NO/c1-11(2)8-9-15-12(16)14(6,7)10-13(3,4)5/h11H,8-10H2,1-7H3,(H,15,16). The van der Waals surface area contributed by atoms with E-state index in [1.54, 1.807) is 0 Å². The zero-order valence-electron chi connectivity index (χ0n) is 12.1. The molecule has 0 heterocycles. The predicted molar refractivity (Wildman–Crippen MR) is 70.3 cm³/mol. The molecule has 0 bridgehead atoms. The molecule has 0 aliphatic carbocycles. The summed E-state index contributed by atoms with van der Waals surface area (Å²) in [4.78, 5) is 12.0. The van der Waals surface area contributed by atoms with Gasteiger partial charge in [-0.1, -0.05) is 48.5 Å². The van der Waals surface area contributed by atoms with E-state index in [4.69, 9.17) is 0 Å². The molecule has 0 rings (SSSR count). The molecule has 0 aliphatic rings. The Labute approximate surface area is 101 Å². The van der Waals surface area contributed by atoms with Crippen LogP contribution in [-0.4, -0.2) is 12.5 Å². The van der Waals surface area contributed by atoms with E-state index in [0.717, 1.165) is 19.4 Å². The van der Waals surface area contributed by atoms with Crippen LogP contribution in [0.2, 0.25) is 0 Å². The van der Waals surface area contributed by atoms with Crippen LogP contribution in [0, 0.1) is 16.7 Å². The second-order valence-electron chi connectivity index (χ2n) is 7.06. The fourth-order valence-electron chi connectivity index (χ4n) is 2.12. The Morgan fingerprint density at radius 1 is 1.12 bits per heavy atom. The fraction of sp³-hybridized carbons (Fsp3) is 0.929. The van der Waals surface area contributed by atoms with Gasteiger partial charge in [-0.05, 0) is 24.2 Å². The number of hydrogen-bond donors (Lipinski definition) is 1. The molecule has 0 aromatic carbocycles. The molecule has 0 aromatic heterocycles. The highest BCUT2D eigenvalue weighted by Crippen LogP contribution is 2.33. The molecule has 2 nitrogen and oxygen atoms in total. The minimum atomic E-state index is -0.269. The lowest BCUT2D eigenvalue weighted by molar-refractivity contribution is -0.130. The maximum atomic E-state index is 12.0. The van der Waals surface area contributed by atoms with E-state index in [2.05, 4.69) is 39.9 Å². The Morgan fingerprint density at radius 2 is 1.62 bits per heavy atom. The van der Waals surface area contributed by atoms with E-state index in [1.807, 2.05) is 13.8 Å². The summed E-state index contributed by atoms with van der Waals surface area (Å²) in [6.07, 6.45) is 1.96. The number of rotatable bonds is 5. The molecule has 0 radical (unpaired) electrons. The van der Waals surface area contributed by atoms with Crippen molar-refractivity contribution >= 4 is 5.91 Å². The summed E-state index contributed by atoms with van der Waals surface area (Å²) in [7, 11) is 0. The molecule has 0 spiro atoms. The molecule has 0 atom stereocenters. The molecule has 96 valence electrons. The number of amides is 1. The molecule has 0 aliphatic heterocycles. The highest BCUT2D eigenvalue weighted by Gasteiger charge is 2.32. The van der Waals surface area contributed by atoms with E-state index >= 15 is 0 Å². The van der Waals surface area contributed by atoms with Crippen LogP contribution in [0.4, 0.5) is 0 Å². The van der Waals surface area contributed by atoms with Crippen LogP contribution in [0.5, 0.6) is 0 Å². The van der Waals surface area contributed by atoms with Crippen LogP contribution >= 0.6 is 0 Å². The second kappa shape index (κ2) is 5.70. The normalized spacial score (nSPS) is 13.0. The van der Waals surface area contributed by atoms with Crippen molar-refractivity contribution < 1.29 is 4.79 Å². The molecule has 2 heteroatoms. The fourth-order valence-corrected chi connectivity index (χ4v) is 2.12. The van der Waals surface area contributed by atoms with Crippen LogP contribution in [0.1, 0.15) is 61.3 Å². The molecule has 1 N–H and O–H groups in total. The summed E-state index contributed by atoms with van der Waals surface area (Å²) in [5, 5.41) is 3.04. The smallest absolute Gasteiger partial charge is 0.225 e. The van der Waals surface area contributed by atoms with Crippen LogP contribution in [-0.2, 0) is 4.79 Å². The van der Waals surface area contributed by atoms with Gasteiger partial charge in [0.25, 0.3) is 0 Å². The van der Waals surface area contributed by atoms with Crippen molar-refractivity contribution in [3.05, 3.63) is 0 Å². The second-order valence-corrected chi connectivity index (χ2v) is 7.06. The molecule has 16 heavy (non-hydrogen) atoms. The average Bonchev–Trinajstić information content (AvgIpc) is 1.98. The van der Waals surface area contributed by atoms with Crippen molar-refractivity contribution in [3.8, 4) is 0 Å². The number of nitrogens with one attached hydrogen (secondary N) is 1. The van der Waals surface area contributed by atoms with Crippen molar-refractivity contribution in [2.24, 2.45) is 16.7 Å². The minimum absolute atomic E-state index is 0.183. The maximum absolute atomic E-state index is 12.0. The number of carbonyl (C=O) groups is 1. The Kier molecular flexibility index (Phi) is 5.51. The van der Waals surface area contributed by atoms with Crippen molar-refractivity contribution in [2.75, 3.05) is 6.54 Å². The highest BCUT2D eigenvalue weighted by molar-refractivity contribution is 5.81. The highest BCUT2D eigenvalue weighted by atomic mass is 16.2. The largest absolute Gasteiger partial charge is 0.356 e. The van der Waals surface area contributed by atoms with E-state index in [-0.39, 0.29) is 16.7 Å². The quantitative estimate of drug-likeness (QED) is 0.763. The van der Waals surface area contributed by atoms with Crippen LogP contribution in [0.3, 0.4) is 0 Å². The molecular weight excluding hydrogens is 198 g/mol. The average molecular weight is 227 g/mol. The van der Waals surface area contributed by atoms with Gasteiger partial charge in [0.2, 0.25) is 5.91 Å². The minimum Gasteiger partial charge on any atom is -0.356 e. The summed E-state index contributed by atoms with van der Waals surface area (Å²) in [6, 6.07) is 0. The van der Waals surface area contributed by atoms with Gasteiger partial charge in [-0.2, -0.15) is 0 Å². The molecule has 1 amide bonds. The van der Waals surface area contributed by atoms with Crippen molar-refractivity contribution in [3.63, 3.8) is 0 Å². The lowest BCUT2D eigenvalue weighted by Crippen LogP contribution is -2.39. The number of hydrogen-bond acceptors (Lipinski definition) is 1. The molecule has 0 saturated carbocycles. The molecule has 0 saturated heterocycles. The summed E-state index contributed by atoms with van der Waals surface area (Å²) >= 11 is 0. The summed E-state index contributed by atoms with van der Waals surface area (Å²) in [5.74, 6) is 0.828. The van der Waals surface area contributed by atoms with Gasteiger partial charge in [0.1, 0.15) is 0 Å². The summed E-state index contributed by atoms with van der Waals surface area (Å²) in [6.45, 7) is 15.7. The third kappa shape index (κ3) is 6.86. The maximum Gasteiger partial charge on any atom is 0.225 e. The van der Waals surface area contributed by atoms with Crippen LogP contribution in [0.15, 0.2) is 0 Å². The lowest BCUT2D eigenvalue weighted by atomic mass is 9.75. The van der Waals surface area contributed by atoms with E-state index in [9.17, 15) is 4.79 Å². The van der Waals surface area contributed by atoms with Crippen molar-refractivity contribution in [1.82, 2.24) is 5.32 Å².